The van der Waals surface area contributed by atoms with Crippen LogP contribution in [0.3, 0.4) is 0 Å². The smallest absolute Gasteiger partial charge is 0.269 e. The number of non-ortho nitro benzene ring substituents is 1. The number of nitro groups is 1. The fourth-order valence-electron chi connectivity index (χ4n) is 3.11. The van der Waals surface area contributed by atoms with Crippen molar-refractivity contribution in [2.24, 2.45) is 0 Å². The Kier molecular flexibility index (Phi) is 14.0. The average molecular weight is 561 g/mol. The number of hydrogen-bond acceptors (Lipinski definition) is 6. The van der Waals surface area contributed by atoms with Crippen LogP contribution < -0.4 is 10.0 Å². The number of hydrogen-bond donors (Lipinski definition) is 2. The number of aromatic nitrogens is 1. The van der Waals surface area contributed by atoms with E-state index in [9.17, 15) is 19.1 Å². The van der Waals surface area contributed by atoms with Gasteiger partial charge in [0.05, 0.1) is 14.7 Å². The number of thiazole rings is 1. The van der Waals surface area contributed by atoms with Gasteiger partial charge in [-0.25, -0.2) is 13.9 Å². The van der Waals surface area contributed by atoms with Gasteiger partial charge in [-0.1, -0.05) is 47.1 Å². The molecule has 1 heterocycles. The number of carbonyl (C=O) groups is 1. The van der Waals surface area contributed by atoms with Crippen molar-refractivity contribution in [3.05, 3.63) is 58.8 Å². The van der Waals surface area contributed by atoms with Crippen molar-refractivity contribution in [3.63, 3.8) is 0 Å². The van der Waals surface area contributed by atoms with E-state index in [-0.39, 0.29) is 17.1 Å². The van der Waals surface area contributed by atoms with Crippen LogP contribution in [0.4, 0.5) is 11.4 Å². The van der Waals surface area contributed by atoms with Crippen LogP contribution in [0.25, 0.3) is 21.0 Å². The molecule has 1 aromatic heterocycles. The maximum Gasteiger partial charge on any atom is 0.269 e. The van der Waals surface area contributed by atoms with Gasteiger partial charge in [0.2, 0.25) is 5.91 Å². The highest BCUT2D eigenvalue weighted by Gasteiger charge is 2.20. The van der Waals surface area contributed by atoms with Gasteiger partial charge in [0.25, 0.3) is 5.69 Å². The molecule has 1 unspecified atom stereocenters. The molecule has 2 aromatic carbocycles. The summed E-state index contributed by atoms with van der Waals surface area (Å²) in [7, 11) is -1.54. The Bertz CT molecular complexity index is 1200. The third kappa shape index (κ3) is 10.1. The number of unbranched alkanes of at least 4 members (excludes halogenated alkanes) is 1. The van der Waals surface area contributed by atoms with Crippen LogP contribution >= 0.6 is 11.3 Å². The number of anilines is 1. The van der Waals surface area contributed by atoms with Crippen LogP contribution in [0, 0.1) is 10.1 Å². The standard InChI is InChI=1S/C24H28N4O4S2.2C2H6/c1-5-6-7-22(29)26-17-10-13-19(21(14-17)34(32)27-24(2,3)4)20-15-25-23(33-20)16-8-11-18(12-9-16)28(30)31;2*1-2/h8-15,27H,5-7H2,1-4H3,(H,26,29);2*1-2H3. The summed E-state index contributed by atoms with van der Waals surface area (Å²) in [5.74, 6) is -0.0756. The fraction of sp³-hybridized carbons (Fsp3) is 0.429. The quantitative estimate of drug-likeness (QED) is 0.203. The van der Waals surface area contributed by atoms with Gasteiger partial charge in [-0.15, -0.1) is 11.3 Å². The normalized spacial score (nSPS) is 11.4. The predicted molar refractivity (Wildman–Crippen MR) is 160 cm³/mol. The van der Waals surface area contributed by atoms with E-state index in [1.807, 2.05) is 61.5 Å². The maximum atomic E-state index is 13.3. The first-order chi connectivity index (χ1) is 18.1. The minimum Gasteiger partial charge on any atom is -0.326 e. The van der Waals surface area contributed by atoms with Crippen LogP contribution in [0.15, 0.2) is 53.6 Å². The SMILES string of the molecule is CC.CC.CCCCC(=O)Nc1ccc(-c2cnc(-c3ccc([N+](=O)[O-])cc3)s2)c(S(=O)NC(C)(C)C)c1. The summed E-state index contributed by atoms with van der Waals surface area (Å²) >= 11 is 1.40. The molecule has 8 nitrogen and oxygen atoms in total. The molecule has 2 N–H and O–H groups in total. The van der Waals surface area contributed by atoms with Crippen molar-refractivity contribution >= 4 is 39.6 Å². The lowest BCUT2D eigenvalue weighted by molar-refractivity contribution is -0.384. The lowest BCUT2D eigenvalue weighted by atomic mass is 10.1. The van der Waals surface area contributed by atoms with Gasteiger partial charge in [-0.05, 0) is 51.5 Å². The number of benzene rings is 2. The monoisotopic (exact) mass is 560 g/mol. The Morgan fingerprint density at radius 1 is 1.08 bits per heavy atom. The molecule has 3 aromatic rings. The Balaban J connectivity index is 0.00000172. The highest BCUT2D eigenvalue weighted by Crippen LogP contribution is 2.36. The first kappa shape index (κ1) is 33.1. The first-order valence-electron chi connectivity index (χ1n) is 12.9. The molecule has 0 aliphatic carbocycles. The number of nitro benzene ring substituents is 1. The molecule has 0 saturated carbocycles. The predicted octanol–water partition coefficient (Wildman–Crippen LogP) is 7.98. The Morgan fingerprint density at radius 2 is 1.71 bits per heavy atom. The zero-order valence-corrected chi connectivity index (χ0v) is 25.2. The summed E-state index contributed by atoms with van der Waals surface area (Å²) in [4.78, 5) is 28.5. The number of nitrogens with one attached hydrogen (secondary N) is 2. The molecule has 0 radical (unpaired) electrons. The van der Waals surface area contributed by atoms with E-state index in [1.54, 1.807) is 30.5 Å². The largest absolute Gasteiger partial charge is 0.326 e. The molecule has 0 aliphatic heterocycles. The van der Waals surface area contributed by atoms with Crippen molar-refractivity contribution in [1.29, 1.82) is 0 Å². The van der Waals surface area contributed by atoms with Crippen molar-refractivity contribution in [2.45, 2.75) is 85.1 Å². The van der Waals surface area contributed by atoms with Gasteiger partial charge in [0, 0.05) is 47.1 Å². The van der Waals surface area contributed by atoms with Crippen molar-refractivity contribution in [1.82, 2.24) is 9.71 Å². The van der Waals surface area contributed by atoms with Crippen molar-refractivity contribution in [2.75, 3.05) is 5.32 Å². The number of nitrogens with zero attached hydrogens (tertiary/aromatic N) is 2. The zero-order chi connectivity index (χ0) is 28.9. The summed E-state index contributed by atoms with van der Waals surface area (Å²) in [5, 5.41) is 14.5. The van der Waals surface area contributed by atoms with Gasteiger partial charge in [0.1, 0.15) is 16.0 Å². The lowest BCUT2D eigenvalue weighted by Gasteiger charge is -2.21. The van der Waals surface area contributed by atoms with Crippen molar-refractivity contribution in [3.8, 4) is 21.0 Å². The molecule has 208 valence electrons. The van der Waals surface area contributed by atoms with E-state index in [4.69, 9.17) is 0 Å². The average Bonchev–Trinajstić information content (AvgIpc) is 3.39. The minimum absolute atomic E-state index is 0.0167. The highest BCUT2D eigenvalue weighted by atomic mass is 32.2. The summed E-state index contributed by atoms with van der Waals surface area (Å²) in [5.41, 5.74) is 1.72. The summed E-state index contributed by atoms with van der Waals surface area (Å²) < 4.78 is 16.3. The number of carbonyl (C=O) groups excluding carboxylic acids is 1. The van der Waals surface area contributed by atoms with Crippen molar-refractivity contribution < 1.29 is 13.9 Å². The van der Waals surface area contributed by atoms with Gasteiger partial charge >= 0.3 is 0 Å². The van der Waals surface area contributed by atoms with Gasteiger partial charge < -0.3 is 5.32 Å². The van der Waals surface area contributed by atoms with Gasteiger partial charge in [-0.2, -0.15) is 0 Å². The third-order valence-corrected chi connectivity index (χ3v) is 7.33. The molecule has 38 heavy (non-hydrogen) atoms. The second kappa shape index (κ2) is 16.1. The molecule has 3 rings (SSSR count). The zero-order valence-electron chi connectivity index (χ0n) is 23.6. The van der Waals surface area contributed by atoms with E-state index in [0.717, 1.165) is 28.8 Å². The van der Waals surface area contributed by atoms with Crippen LogP contribution in [0.1, 0.15) is 74.7 Å². The van der Waals surface area contributed by atoms with Crippen LogP contribution in [0.2, 0.25) is 0 Å². The van der Waals surface area contributed by atoms with Gasteiger partial charge in [-0.3, -0.25) is 14.9 Å². The molecular formula is C28H40N4O4S2. The maximum absolute atomic E-state index is 13.3. The van der Waals surface area contributed by atoms with E-state index >= 15 is 0 Å². The highest BCUT2D eigenvalue weighted by molar-refractivity contribution is 7.83. The number of amides is 1. The van der Waals surface area contributed by atoms with Crippen LogP contribution in [-0.2, 0) is 15.8 Å². The van der Waals surface area contributed by atoms with Crippen LogP contribution in [0.5, 0.6) is 0 Å². The third-order valence-electron chi connectivity index (χ3n) is 4.72. The van der Waals surface area contributed by atoms with E-state index in [2.05, 4.69) is 15.0 Å². The van der Waals surface area contributed by atoms with Crippen LogP contribution in [-0.4, -0.2) is 25.6 Å². The van der Waals surface area contributed by atoms with E-state index in [0.29, 0.717) is 22.0 Å². The molecule has 0 bridgehead atoms. The molecule has 0 saturated heterocycles. The molecule has 0 spiro atoms. The second-order valence-corrected chi connectivity index (χ2v) is 11.0. The van der Waals surface area contributed by atoms with Gasteiger partial charge in [0.15, 0.2) is 0 Å². The first-order valence-corrected chi connectivity index (χ1v) is 14.9. The molecule has 0 aliphatic rings. The summed E-state index contributed by atoms with van der Waals surface area (Å²) in [6.45, 7) is 15.8. The summed E-state index contributed by atoms with van der Waals surface area (Å²) in [6.07, 6.45) is 3.87. The second-order valence-electron chi connectivity index (χ2n) is 8.82. The number of rotatable bonds is 9. The molecule has 1 atom stereocenters. The molecule has 1 amide bonds. The Hall–Kier alpha value is -2.95. The van der Waals surface area contributed by atoms with E-state index in [1.165, 1.54) is 23.5 Å². The summed E-state index contributed by atoms with van der Waals surface area (Å²) in [6, 6.07) is 11.6. The minimum atomic E-state index is -1.54. The fourth-order valence-corrected chi connectivity index (χ4v) is 5.41. The Labute approximate surface area is 233 Å². The topological polar surface area (TPSA) is 114 Å². The lowest BCUT2D eigenvalue weighted by Crippen LogP contribution is -2.37. The van der Waals surface area contributed by atoms with E-state index < -0.39 is 15.9 Å². The molecule has 0 fully saturated rings. The molecule has 10 heteroatoms. The molecular weight excluding hydrogens is 520 g/mol. The Morgan fingerprint density at radius 3 is 2.26 bits per heavy atom.